The largest absolute Gasteiger partial charge is 0.396 e. The fraction of sp³-hybridized carbons (Fsp3) is 0.400. The molecule has 1 unspecified atom stereocenters. The molecule has 1 N–H and O–H groups in total. The van der Waals surface area contributed by atoms with Gasteiger partial charge < -0.3 is 5.11 Å². The van der Waals surface area contributed by atoms with Crippen molar-refractivity contribution >= 4 is 22.4 Å². The van der Waals surface area contributed by atoms with Crippen LogP contribution in [-0.2, 0) is 16.6 Å². The van der Waals surface area contributed by atoms with E-state index in [1.54, 1.807) is 6.07 Å². The molecule has 0 fully saturated rings. The molecule has 0 aliphatic rings. The Labute approximate surface area is 95.5 Å². The third kappa shape index (κ3) is 4.28. The van der Waals surface area contributed by atoms with Crippen molar-refractivity contribution in [1.29, 1.82) is 0 Å². The molecule has 0 bridgehead atoms. The molecular formula is C10H12ClFO2S. The molecule has 0 aliphatic heterocycles. The lowest BCUT2D eigenvalue weighted by atomic mass is 10.2. The molecule has 5 heteroatoms. The van der Waals surface area contributed by atoms with Gasteiger partial charge in [0.2, 0.25) is 0 Å². The zero-order valence-corrected chi connectivity index (χ0v) is 9.65. The molecule has 0 radical (unpaired) electrons. The number of hydrogen-bond acceptors (Lipinski definition) is 2. The molecule has 2 nitrogen and oxygen atoms in total. The highest BCUT2D eigenvalue weighted by Gasteiger charge is 2.07. The van der Waals surface area contributed by atoms with Crippen LogP contribution in [0.25, 0.3) is 0 Å². The molecule has 0 spiro atoms. The summed E-state index contributed by atoms with van der Waals surface area (Å²) in [5.41, 5.74) is 0.399. The van der Waals surface area contributed by atoms with Gasteiger partial charge >= 0.3 is 0 Å². The highest BCUT2D eigenvalue weighted by molar-refractivity contribution is 7.84. The van der Waals surface area contributed by atoms with E-state index in [2.05, 4.69) is 0 Å². The second-order valence-corrected chi connectivity index (χ2v) is 5.11. The van der Waals surface area contributed by atoms with E-state index in [9.17, 15) is 8.60 Å². The molecule has 0 heterocycles. The molecule has 84 valence electrons. The van der Waals surface area contributed by atoms with Crippen LogP contribution in [0.2, 0.25) is 5.02 Å². The summed E-state index contributed by atoms with van der Waals surface area (Å²) < 4.78 is 24.7. The van der Waals surface area contributed by atoms with Crippen molar-refractivity contribution in [1.82, 2.24) is 0 Å². The van der Waals surface area contributed by atoms with Gasteiger partial charge in [-0.3, -0.25) is 4.21 Å². The number of aliphatic hydroxyl groups excluding tert-OH is 1. The van der Waals surface area contributed by atoms with Gasteiger partial charge in [0.05, 0.1) is 5.75 Å². The number of hydrogen-bond donors (Lipinski definition) is 1. The van der Waals surface area contributed by atoms with Gasteiger partial charge in [0.1, 0.15) is 5.82 Å². The van der Waals surface area contributed by atoms with Gasteiger partial charge in [-0.1, -0.05) is 17.7 Å². The predicted octanol–water partition coefficient (Wildman–Crippen LogP) is 2.11. The Morgan fingerprint density at radius 2 is 2.20 bits per heavy atom. The Bertz CT molecular complexity index is 357. The average molecular weight is 251 g/mol. The number of benzene rings is 1. The molecule has 1 atom stereocenters. The van der Waals surface area contributed by atoms with Crippen LogP contribution in [0.15, 0.2) is 18.2 Å². The Morgan fingerprint density at radius 3 is 2.80 bits per heavy atom. The van der Waals surface area contributed by atoms with Crippen LogP contribution in [-0.4, -0.2) is 21.7 Å². The summed E-state index contributed by atoms with van der Waals surface area (Å²) in [5.74, 6) is 0.126. The van der Waals surface area contributed by atoms with Gasteiger partial charge in [0.15, 0.2) is 0 Å². The van der Waals surface area contributed by atoms with Gasteiger partial charge in [-0.15, -0.1) is 0 Å². The summed E-state index contributed by atoms with van der Waals surface area (Å²) in [6.45, 7) is 0.00877. The van der Waals surface area contributed by atoms with Gasteiger partial charge in [-0.25, -0.2) is 4.39 Å². The van der Waals surface area contributed by atoms with E-state index in [0.717, 1.165) is 0 Å². The Kier molecular flexibility index (Phi) is 5.22. The lowest BCUT2D eigenvalue weighted by Crippen LogP contribution is -2.04. The minimum absolute atomic E-state index is 0.00877. The van der Waals surface area contributed by atoms with Crippen molar-refractivity contribution in [3.8, 4) is 0 Å². The van der Waals surface area contributed by atoms with Crippen molar-refractivity contribution in [3.63, 3.8) is 0 Å². The number of aliphatic hydroxyl groups is 1. The average Bonchev–Trinajstić information content (AvgIpc) is 2.19. The van der Waals surface area contributed by atoms with Crippen molar-refractivity contribution in [2.75, 3.05) is 12.4 Å². The lowest BCUT2D eigenvalue weighted by Gasteiger charge is -2.03. The van der Waals surface area contributed by atoms with E-state index in [-0.39, 0.29) is 12.4 Å². The number of halogens is 2. The molecule has 0 amide bonds. The molecule has 1 aromatic rings. The topological polar surface area (TPSA) is 37.3 Å². The van der Waals surface area contributed by atoms with Crippen LogP contribution >= 0.6 is 11.6 Å². The zero-order chi connectivity index (χ0) is 11.3. The quantitative estimate of drug-likeness (QED) is 0.869. The van der Waals surface area contributed by atoms with Crippen LogP contribution < -0.4 is 0 Å². The SMILES string of the molecule is O=S(CCCO)Cc1ccc(Cl)cc1F. The first kappa shape index (κ1) is 12.6. The summed E-state index contributed by atoms with van der Waals surface area (Å²) in [7, 11) is -1.13. The van der Waals surface area contributed by atoms with Crippen LogP contribution in [0.1, 0.15) is 12.0 Å². The molecule has 1 rings (SSSR count). The maximum Gasteiger partial charge on any atom is 0.128 e. The van der Waals surface area contributed by atoms with E-state index >= 15 is 0 Å². The van der Waals surface area contributed by atoms with Crippen LogP contribution in [0, 0.1) is 5.82 Å². The second kappa shape index (κ2) is 6.20. The molecule has 1 aromatic carbocycles. The Hall–Kier alpha value is -0.450. The highest BCUT2D eigenvalue weighted by atomic mass is 35.5. The Morgan fingerprint density at radius 1 is 1.47 bits per heavy atom. The smallest absolute Gasteiger partial charge is 0.128 e. The Balaban J connectivity index is 2.60. The normalized spacial score (nSPS) is 12.7. The molecule has 0 aliphatic carbocycles. The maximum absolute atomic E-state index is 13.3. The van der Waals surface area contributed by atoms with Crippen LogP contribution in [0.5, 0.6) is 0 Å². The molecule has 15 heavy (non-hydrogen) atoms. The van der Waals surface area contributed by atoms with Gasteiger partial charge in [-0.2, -0.15) is 0 Å². The minimum Gasteiger partial charge on any atom is -0.396 e. The van der Waals surface area contributed by atoms with Crippen molar-refractivity contribution in [2.45, 2.75) is 12.2 Å². The molecule has 0 saturated carbocycles. The van der Waals surface area contributed by atoms with Crippen molar-refractivity contribution in [3.05, 3.63) is 34.6 Å². The first-order valence-electron chi connectivity index (χ1n) is 4.53. The third-order valence-corrected chi connectivity index (χ3v) is 3.47. The minimum atomic E-state index is -1.13. The molecule has 0 aromatic heterocycles. The monoisotopic (exact) mass is 250 g/mol. The fourth-order valence-corrected chi connectivity index (χ4v) is 2.45. The van der Waals surface area contributed by atoms with Crippen LogP contribution in [0.3, 0.4) is 0 Å². The molecule has 0 saturated heterocycles. The summed E-state index contributed by atoms with van der Waals surface area (Å²) in [5, 5.41) is 8.88. The number of rotatable bonds is 5. The summed E-state index contributed by atoms with van der Waals surface area (Å²) in [6, 6.07) is 4.32. The van der Waals surface area contributed by atoms with E-state index in [4.69, 9.17) is 16.7 Å². The van der Waals surface area contributed by atoms with Gasteiger partial charge in [-0.05, 0) is 18.6 Å². The van der Waals surface area contributed by atoms with Gasteiger partial charge in [0.25, 0.3) is 0 Å². The van der Waals surface area contributed by atoms with E-state index in [1.807, 2.05) is 0 Å². The second-order valence-electron chi connectivity index (χ2n) is 3.10. The van der Waals surface area contributed by atoms with Crippen LogP contribution in [0.4, 0.5) is 4.39 Å². The molecular weight excluding hydrogens is 239 g/mol. The standard InChI is InChI=1S/C10H12ClFO2S/c11-9-3-2-8(10(12)6-9)7-15(14)5-1-4-13/h2-3,6,13H,1,4-5,7H2. The van der Waals surface area contributed by atoms with Crippen molar-refractivity contribution < 1.29 is 13.7 Å². The van der Waals surface area contributed by atoms with Gasteiger partial charge in [0, 0.05) is 33.7 Å². The lowest BCUT2D eigenvalue weighted by molar-refractivity contribution is 0.296. The first-order chi connectivity index (χ1) is 7.13. The fourth-order valence-electron chi connectivity index (χ4n) is 1.11. The summed E-state index contributed by atoms with van der Waals surface area (Å²) >= 11 is 5.59. The zero-order valence-electron chi connectivity index (χ0n) is 8.08. The van der Waals surface area contributed by atoms with E-state index < -0.39 is 16.6 Å². The van der Waals surface area contributed by atoms with E-state index in [0.29, 0.717) is 22.8 Å². The predicted molar refractivity (Wildman–Crippen MR) is 59.8 cm³/mol. The summed E-state index contributed by atoms with van der Waals surface area (Å²) in [4.78, 5) is 0. The highest BCUT2D eigenvalue weighted by Crippen LogP contribution is 2.16. The van der Waals surface area contributed by atoms with Crippen molar-refractivity contribution in [2.24, 2.45) is 0 Å². The maximum atomic E-state index is 13.3. The summed E-state index contributed by atoms with van der Waals surface area (Å²) in [6.07, 6.45) is 0.474. The first-order valence-corrected chi connectivity index (χ1v) is 6.40. The third-order valence-electron chi connectivity index (χ3n) is 1.86. The van der Waals surface area contributed by atoms with E-state index in [1.165, 1.54) is 12.1 Å².